The molecule has 0 N–H and O–H groups in total. The molecule has 2 saturated heterocycles. The van der Waals surface area contributed by atoms with Crippen molar-refractivity contribution in [2.45, 2.75) is 89.3 Å². The van der Waals surface area contributed by atoms with Crippen LogP contribution in [0, 0.1) is 23.7 Å². The molecular formula is C24H30O8. The first-order chi connectivity index (χ1) is 15.4. The zero-order valence-corrected chi connectivity index (χ0v) is 18.2. The third-order valence-corrected chi connectivity index (χ3v) is 7.60. The van der Waals surface area contributed by atoms with Gasteiger partial charge in [-0.3, -0.25) is 19.2 Å². The first kappa shape index (κ1) is 22.8. The fraction of sp³-hybridized carbons (Fsp3) is 0.750. The van der Waals surface area contributed by atoms with Crippen LogP contribution in [0.25, 0.3) is 0 Å². The van der Waals surface area contributed by atoms with Crippen LogP contribution in [-0.2, 0) is 38.2 Å². The van der Waals surface area contributed by atoms with Crippen LogP contribution in [0.3, 0.4) is 0 Å². The molecule has 0 unspecified atom stereocenters. The summed E-state index contributed by atoms with van der Waals surface area (Å²) in [4.78, 5) is 75.9. The van der Waals surface area contributed by atoms with E-state index in [0.717, 1.165) is 51.4 Å². The lowest BCUT2D eigenvalue weighted by Crippen LogP contribution is -2.46. The molecule has 4 aliphatic rings. The molecule has 0 bridgehead atoms. The van der Waals surface area contributed by atoms with Gasteiger partial charge in [0.05, 0.1) is 11.8 Å². The molecule has 4 fully saturated rings. The molecule has 2 heterocycles. The van der Waals surface area contributed by atoms with Gasteiger partial charge in [-0.15, -0.1) is 0 Å². The van der Waals surface area contributed by atoms with Gasteiger partial charge in [0, 0.05) is 24.7 Å². The summed E-state index contributed by atoms with van der Waals surface area (Å²) in [5.74, 6) is -7.49. The van der Waals surface area contributed by atoms with Gasteiger partial charge in [-0.05, 0) is 25.7 Å². The first-order valence-corrected chi connectivity index (χ1v) is 11.9. The molecule has 8 heteroatoms. The van der Waals surface area contributed by atoms with Crippen molar-refractivity contribution in [3.8, 4) is 0 Å². The Kier molecular flexibility index (Phi) is 6.86. The maximum absolute atomic E-state index is 12.9. The first-order valence-electron chi connectivity index (χ1n) is 11.9. The number of rotatable bonds is 3. The highest BCUT2D eigenvalue weighted by atomic mass is 16.6. The number of carbonyl (C=O) groups is 6. The van der Waals surface area contributed by atoms with Gasteiger partial charge < -0.3 is 9.47 Å². The summed E-state index contributed by atoms with van der Waals surface area (Å²) in [6.07, 6.45) is 5.82. The molecule has 2 aliphatic heterocycles. The number of ether oxygens (including phenoxy) is 2. The molecule has 174 valence electrons. The van der Waals surface area contributed by atoms with Crippen LogP contribution in [0.5, 0.6) is 0 Å². The van der Waals surface area contributed by atoms with Crippen LogP contribution in [0.1, 0.15) is 77.0 Å². The van der Waals surface area contributed by atoms with Crippen molar-refractivity contribution < 1.29 is 38.2 Å². The number of carbonyl (C=O) groups excluding carboxylic acids is 6. The van der Waals surface area contributed by atoms with Gasteiger partial charge in [-0.2, -0.15) is 0 Å². The van der Waals surface area contributed by atoms with Crippen molar-refractivity contribution in [2.75, 3.05) is 0 Å². The van der Waals surface area contributed by atoms with E-state index in [1.54, 1.807) is 0 Å². The fourth-order valence-electron chi connectivity index (χ4n) is 5.93. The maximum atomic E-state index is 12.9. The normalized spacial score (nSPS) is 37.4. The highest BCUT2D eigenvalue weighted by Crippen LogP contribution is 2.42. The van der Waals surface area contributed by atoms with Crippen LogP contribution in [0.4, 0.5) is 0 Å². The Bertz CT molecular complexity index is 762. The molecule has 2 aliphatic carbocycles. The second-order valence-corrected chi connectivity index (χ2v) is 9.57. The Balaban J connectivity index is 1.66. The highest BCUT2D eigenvalue weighted by molar-refractivity contribution is 6.38. The van der Waals surface area contributed by atoms with E-state index in [-0.39, 0.29) is 11.6 Å². The van der Waals surface area contributed by atoms with Gasteiger partial charge in [0.15, 0.2) is 12.2 Å². The van der Waals surface area contributed by atoms with E-state index in [9.17, 15) is 28.8 Å². The molecule has 32 heavy (non-hydrogen) atoms. The molecule has 8 nitrogen and oxygen atoms in total. The Morgan fingerprint density at radius 2 is 0.875 bits per heavy atom. The van der Waals surface area contributed by atoms with Crippen LogP contribution in [0.2, 0.25) is 0 Å². The van der Waals surface area contributed by atoms with Crippen LogP contribution in [-0.4, -0.2) is 47.3 Å². The largest absolute Gasteiger partial charge is 0.452 e. The van der Waals surface area contributed by atoms with Gasteiger partial charge in [0.25, 0.3) is 0 Å². The van der Waals surface area contributed by atoms with E-state index in [4.69, 9.17) is 9.47 Å². The van der Waals surface area contributed by atoms with Crippen LogP contribution < -0.4 is 0 Å². The summed E-state index contributed by atoms with van der Waals surface area (Å²) in [6.45, 7) is 0. The second-order valence-electron chi connectivity index (χ2n) is 9.57. The molecule has 0 aromatic rings. The predicted octanol–water partition coefficient (Wildman–Crippen LogP) is 2.29. The zero-order chi connectivity index (χ0) is 22.8. The van der Waals surface area contributed by atoms with E-state index < -0.39 is 59.4 Å². The Hall–Kier alpha value is -2.38. The Morgan fingerprint density at radius 3 is 1.28 bits per heavy atom. The molecule has 2 saturated carbocycles. The minimum Gasteiger partial charge on any atom is -0.452 e. The van der Waals surface area contributed by atoms with E-state index in [1.165, 1.54) is 0 Å². The third kappa shape index (κ3) is 4.28. The molecular weight excluding hydrogens is 416 g/mol. The van der Waals surface area contributed by atoms with Gasteiger partial charge in [-0.25, -0.2) is 9.59 Å². The second kappa shape index (κ2) is 9.63. The van der Waals surface area contributed by atoms with Gasteiger partial charge in [0.1, 0.15) is 11.6 Å². The lowest BCUT2D eigenvalue weighted by Gasteiger charge is -2.32. The SMILES string of the molecule is O=C1O[C@H]([C@@H]2OC(=O)C(=O)[C@@H]2[C@@H]2CCCCCCC2=O)[C@H]([C@@H]2CCCCCCC2=O)C1=O. The van der Waals surface area contributed by atoms with E-state index in [0.29, 0.717) is 25.7 Å². The number of cyclic esters (lactones) is 2. The summed E-state index contributed by atoms with van der Waals surface area (Å²) >= 11 is 0. The van der Waals surface area contributed by atoms with Crippen LogP contribution in [0.15, 0.2) is 0 Å². The molecule has 4 rings (SSSR count). The Morgan fingerprint density at radius 1 is 0.500 bits per heavy atom. The standard InChI is InChI=1S/C24H30O8/c25-15-11-7-3-1-5-9-13(15)17-19(27)23(29)31-21(17)22-18(20(28)24(30)32-22)14-10-6-2-4-8-12-16(14)26/h13-14,17-18,21-22H,1-12H2/t13-,14-,17-,18+,21+,22-/m1/s1. The monoisotopic (exact) mass is 446 g/mol. The van der Waals surface area contributed by atoms with Crippen molar-refractivity contribution in [3.63, 3.8) is 0 Å². The Labute approximate surface area is 186 Å². The number of ketones is 4. The molecule has 6 atom stereocenters. The van der Waals surface area contributed by atoms with Crippen LogP contribution >= 0.6 is 0 Å². The summed E-state index contributed by atoms with van der Waals surface area (Å²) in [5.41, 5.74) is 0. The van der Waals surface area contributed by atoms with E-state index >= 15 is 0 Å². The smallest absolute Gasteiger partial charge is 0.375 e. The summed E-state index contributed by atoms with van der Waals surface area (Å²) in [7, 11) is 0. The zero-order valence-electron chi connectivity index (χ0n) is 18.2. The van der Waals surface area contributed by atoms with E-state index in [2.05, 4.69) is 0 Å². The van der Waals surface area contributed by atoms with Crippen molar-refractivity contribution in [3.05, 3.63) is 0 Å². The third-order valence-electron chi connectivity index (χ3n) is 7.60. The van der Waals surface area contributed by atoms with Gasteiger partial charge in [-0.1, -0.05) is 38.5 Å². The van der Waals surface area contributed by atoms with Crippen molar-refractivity contribution in [1.82, 2.24) is 0 Å². The number of Topliss-reactive ketones (excluding diaryl/α,β-unsaturated/α-hetero) is 4. The minimum atomic E-state index is -1.21. The van der Waals surface area contributed by atoms with Gasteiger partial charge in [0.2, 0.25) is 11.6 Å². The minimum absolute atomic E-state index is 0.0967. The summed E-state index contributed by atoms with van der Waals surface area (Å²) in [6, 6.07) is 0. The topological polar surface area (TPSA) is 121 Å². The number of esters is 2. The highest BCUT2D eigenvalue weighted by Gasteiger charge is 2.61. The lowest BCUT2D eigenvalue weighted by atomic mass is 9.71. The molecule has 0 radical (unpaired) electrons. The molecule has 0 aromatic carbocycles. The van der Waals surface area contributed by atoms with E-state index in [1.807, 2.05) is 0 Å². The summed E-state index contributed by atoms with van der Waals surface area (Å²) in [5, 5.41) is 0. The lowest BCUT2D eigenvalue weighted by molar-refractivity contribution is -0.159. The molecule has 0 spiro atoms. The molecule has 0 amide bonds. The average Bonchev–Trinajstić information content (AvgIpc) is 3.19. The van der Waals surface area contributed by atoms with Gasteiger partial charge >= 0.3 is 11.9 Å². The number of hydrogen-bond donors (Lipinski definition) is 0. The van der Waals surface area contributed by atoms with Crippen molar-refractivity contribution in [1.29, 1.82) is 0 Å². The number of hydrogen-bond acceptors (Lipinski definition) is 8. The average molecular weight is 446 g/mol. The maximum Gasteiger partial charge on any atom is 0.375 e. The van der Waals surface area contributed by atoms with Crippen molar-refractivity contribution >= 4 is 35.1 Å². The predicted molar refractivity (Wildman–Crippen MR) is 109 cm³/mol. The molecule has 0 aromatic heterocycles. The summed E-state index contributed by atoms with van der Waals surface area (Å²) < 4.78 is 10.7. The van der Waals surface area contributed by atoms with Crippen molar-refractivity contribution in [2.24, 2.45) is 23.7 Å². The fourth-order valence-corrected chi connectivity index (χ4v) is 5.93. The quantitative estimate of drug-likeness (QED) is 0.478.